The average molecular weight is 610 g/mol. The number of pyridine rings is 1. The maximum Gasteiger partial charge on any atom is 0.296 e. The molecule has 4 heterocycles. The van der Waals surface area contributed by atoms with E-state index in [9.17, 15) is 14.4 Å². The normalized spacial score (nSPS) is 14.3. The SMILES string of the molecule is Cc1cccc(Oc2nc3c(C)cccn3c(=O)c2/C=C2/SC(=S)N(c3c(C)n(C)n(-c4ccccc4)c3=O)C2=O)c1C. The summed E-state index contributed by atoms with van der Waals surface area (Å²) in [6, 6.07) is 18.4. The third-order valence-corrected chi connectivity index (χ3v) is 8.93. The third-order valence-electron chi connectivity index (χ3n) is 7.63. The Balaban J connectivity index is 1.49. The number of thiocarbonyl (C=S) groups is 1. The number of hydrogen-bond donors (Lipinski definition) is 0. The molecule has 0 bridgehead atoms. The predicted octanol–water partition coefficient (Wildman–Crippen LogP) is 5.62. The van der Waals surface area contributed by atoms with Gasteiger partial charge in [0.25, 0.3) is 17.0 Å². The van der Waals surface area contributed by atoms with E-state index in [2.05, 4.69) is 0 Å². The largest absolute Gasteiger partial charge is 0.438 e. The molecule has 2 aromatic carbocycles. The molecule has 1 aliphatic heterocycles. The molecule has 11 heteroatoms. The van der Waals surface area contributed by atoms with Crippen molar-refractivity contribution in [1.29, 1.82) is 0 Å². The highest BCUT2D eigenvalue weighted by Crippen LogP contribution is 2.37. The first-order valence-corrected chi connectivity index (χ1v) is 14.7. The van der Waals surface area contributed by atoms with Crippen LogP contribution in [0, 0.1) is 27.7 Å². The fraction of sp³-hybridized carbons (Fsp3) is 0.156. The summed E-state index contributed by atoms with van der Waals surface area (Å²) in [7, 11) is 1.75. The Kier molecular flexibility index (Phi) is 7.15. The number of carbonyl (C=O) groups is 1. The Hall–Kier alpha value is -4.74. The Labute approximate surface area is 256 Å². The lowest BCUT2D eigenvalue weighted by Crippen LogP contribution is -2.33. The van der Waals surface area contributed by atoms with Gasteiger partial charge in [0.1, 0.15) is 22.6 Å². The first kappa shape index (κ1) is 28.4. The molecule has 43 heavy (non-hydrogen) atoms. The summed E-state index contributed by atoms with van der Waals surface area (Å²) in [5.74, 6) is 0.112. The van der Waals surface area contributed by atoms with Gasteiger partial charge in [-0.3, -0.25) is 28.4 Å². The molecule has 1 saturated heterocycles. The molecule has 216 valence electrons. The number of ether oxygens (including phenoxy) is 1. The van der Waals surface area contributed by atoms with E-state index in [1.54, 1.807) is 30.9 Å². The lowest BCUT2D eigenvalue weighted by molar-refractivity contribution is -0.113. The van der Waals surface area contributed by atoms with Gasteiger partial charge in [0, 0.05) is 13.2 Å². The summed E-state index contributed by atoms with van der Waals surface area (Å²) in [6.45, 7) is 7.52. The van der Waals surface area contributed by atoms with Crippen molar-refractivity contribution in [3.05, 3.63) is 120 Å². The smallest absolute Gasteiger partial charge is 0.296 e. The van der Waals surface area contributed by atoms with Crippen LogP contribution in [0.2, 0.25) is 0 Å². The number of rotatable bonds is 5. The molecule has 0 radical (unpaired) electrons. The molecular weight excluding hydrogens is 583 g/mol. The molecule has 1 amide bonds. The first-order chi connectivity index (χ1) is 20.6. The Morgan fingerprint density at radius 3 is 2.35 bits per heavy atom. The highest BCUT2D eigenvalue weighted by atomic mass is 32.2. The van der Waals surface area contributed by atoms with Crippen molar-refractivity contribution < 1.29 is 9.53 Å². The fourth-order valence-corrected chi connectivity index (χ4v) is 6.29. The molecular formula is C32H27N5O4S2. The Bertz CT molecular complexity index is 2130. The van der Waals surface area contributed by atoms with Crippen LogP contribution in [-0.2, 0) is 11.8 Å². The maximum atomic E-state index is 13.9. The van der Waals surface area contributed by atoms with Crippen LogP contribution in [-0.4, -0.2) is 29.0 Å². The zero-order valence-electron chi connectivity index (χ0n) is 24.1. The van der Waals surface area contributed by atoms with Gasteiger partial charge in [0.2, 0.25) is 5.88 Å². The third kappa shape index (κ3) is 4.70. The number of amides is 1. The summed E-state index contributed by atoms with van der Waals surface area (Å²) < 4.78 is 11.1. The van der Waals surface area contributed by atoms with Crippen LogP contribution in [0.5, 0.6) is 11.6 Å². The van der Waals surface area contributed by atoms with Crippen LogP contribution in [0.15, 0.2) is 81.4 Å². The second kappa shape index (κ2) is 10.8. The van der Waals surface area contributed by atoms with Crippen molar-refractivity contribution in [2.24, 2.45) is 7.05 Å². The number of hydrogen-bond acceptors (Lipinski definition) is 7. The lowest BCUT2D eigenvalue weighted by Gasteiger charge is -2.14. The van der Waals surface area contributed by atoms with E-state index in [0.29, 0.717) is 22.8 Å². The molecule has 0 atom stereocenters. The van der Waals surface area contributed by atoms with Gasteiger partial charge in [-0.2, -0.15) is 4.98 Å². The van der Waals surface area contributed by atoms with Crippen LogP contribution in [0.3, 0.4) is 0 Å². The number of aryl methyl sites for hydroxylation is 2. The highest BCUT2D eigenvalue weighted by Gasteiger charge is 2.38. The second-order valence-corrected chi connectivity index (χ2v) is 11.9. The van der Waals surface area contributed by atoms with Crippen molar-refractivity contribution in [3.8, 4) is 17.3 Å². The molecule has 5 aromatic rings. The van der Waals surface area contributed by atoms with Crippen LogP contribution < -0.4 is 20.8 Å². The number of aromatic nitrogens is 4. The van der Waals surface area contributed by atoms with Crippen molar-refractivity contribution >= 4 is 51.6 Å². The van der Waals surface area contributed by atoms with Crippen LogP contribution in [0.1, 0.15) is 27.9 Å². The molecule has 9 nitrogen and oxygen atoms in total. The zero-order chi connectivity index (χ0) is 30.6. The minimum atomic E-state index is -0.507. The van der Waals surface area contributed by atoms with Gasteiger partial charge in [-0.05, 0) is 74.7 Å². The number of nitrogens with zero attached hydrogens (tertiary/aromatic N) is 5. The van der Waals surface area contributed by atoms with Crippen molar-refractivity contribution in [2.75, 3.05) is 4.90 Å². The number of para-hydroxylation sites is 1. The summed E-state index contributed by atoms with van der Waals surface area (Å²) in [6.07, 6.45) is 3.08. The number of anilines is 1. The number of benzene rings is 2. The van der Waals surface area contributed by atoms with E-state index >= 15 is 0 Å². The minimum absolute atomic E-state index is 0.0700. The van der Waals surface area contributed by atoms with Gasteiger partial charge >= 0.3 is 0 Å². The van der Waals surface area contributed by atoms with Crippen molar-refractivity contribution in [3.63, 3.8) is 0 Å². The fourth-order valence-electron chi connectivity index (χ4n) is 5.04. The lowest BCUT2D eigenvalue weighted by atomic mass is 10.1. The summed E-state index contributed by atoms with van der Waals surface area (Å²) in [4.78, 5) is 47.6. The van der Waals surface area contributed by atoms with Crippen LogP contribution >= 0.6 is 24.0 Å². The summed E-state index contributed by atoms with van der Waals surface area (Å²) in [5.41, 5.74) is 3.85. The predicted molar refractivity (Wildman–Crippen MR) is 174 cm³/mol. The van der Waals surface area contributed by atoms with Gasteiger partial charge in [-0.25, -0.2) is 4.68 Å². The average Bonchev–Trinajstić information content (AvgIpc) is 3.38. The van der Waals surface area contributed by atoms with Crippen LogP contribution in [0.4, 0.5) is 5.69 Å². The number of carbonyl (C=O) groups excluding carboxylic acids is 1. The van der Waals surface area contributed by atoms with Gasteiger partial charge in [0.15, 0.2) is 4.32 Å². The van der Waals surface area contributed by atoms with Crippen LogP contribution in [0.25, 0.3) is 17.4 Å². The molecule has 1 aliphatic rings. The Morgan fingerprint density at radius 1 is 0.884 bits per heavy atom. The molecule has 0 spiro atoms. The quantitative estimate of drug-likeness (QED) is 0.189. The number of fused-ring (bicyclic) bond motifs is 1. The topological polar surface area (TPSA) is 90.8 Å². The summed E-state index contributed by atoms with van der Waals surface area (Å²) in [5, 5.41) is 0. The molecule has 3 aromatic heterocycles. The monoisotopic (exact) mass is 609 g/mol. The van der Waals surface area contributed by atoms with E-state index in [4.69, 9.17) is 21.9 Å². The molecule has 0 N–H and O–H groups in total. The molecule has 0 aliphatic carbocycles. The van der Waals surface area contributed by atoms with Crippen molar-refractivity contribution in [2.45, 2.75) is 27.7 Å². The highest BCUT2D eigenvalue weighted by molar-refractivity contribution is 8.27. The van der Waals surface area contributed by atoms with E-state index < -0.39 is 11.5 Å². The molecule has 1 fully saturated rings. The molecule has 6 rings (SSSR count). The maximum absolute atomic E-state index is 13.9. The minimum Gasteiger partial charge on any atom is -0.438 e. The molecule has 0 saturated carbocycles. The van der Waals surface area contributed by atoms with Gasteiger partial charge < -0.3 is 4.74 Å². The zero-order valence-corrected chi connectivity index (χ0v) is 25.7. The second-order valence-electron chi connectivity index (χ2n) is 10.2. The van der Waals surface area contributed by atoms with Gasteiger partial charge in [0.05, 0.1) is 16.3 Å². The van der Waals surface area contributed by atoms with E-state index in [0.717, 1.165) is 28.5 Å². The molecule has 0 unspecified atom stereocenters. The summed E-state index contributed by atoms with van der Waals surface area (Å²) >= 11 is 6.63. The van der Waals surface area contributed by atoms with Crippen molar-refractivity contribution in [1.82, 2.24) is 18.7 Å². The number of thioether (sulfide) groups is 1. The van der Waals surface area contributed by atoms with Gasteiger partial charge in [-0.1, -0.05) is 60.4 Å². The Morgan fingerprint density at radius 2 is 1.60 bits per heavy atom. The van der Waals surface area contributed by atoms with E-state index in [-0.39, 0.29) is 31.9 Å². The first-order valence-electron chi connectivity index (χ1n) is 13.5. The standard InChI is InChI=1S/C32H27N5O4S2/c1-18-11-9-15-24(20(18)3)41-28-23(29(38)35-16-10-12-19(2)27(35)33-28)17-25-30(39)36(32(42)43-25)26-21(4)34(5)37(31(26)40)22-13-7-6-8-14-22/h6-17H,1-5H3/b25-17+. The van der Waals surface area contributed by atoms with Gasteiger partial charge in [-0.15, -0.1) is 0 Å². The van der Waals surface area contributed by atoms with E-state index in [1.807, 2.05) is 75.4 Å². The van der Waals surface area contributed by atoms with E-state index in [1.165, 1.54) is 20.1 Å².